The maximum atomic E-state index is 6.24. The van der Waals surface area contributed by atoms with E-state index < -0.39 is 0 Å². The molecule has 30 heavy (non-hydrogen) atoms. The molecule has 3 aromatic heterocycles. The van der Waals surface area contributed by atoms with Crippen molar-refractivity contribution in [3.63, 3.8) is 0 Å². The molecule has 3 nitrogen and oxygen atoms in total. The van der Waals surface area contributed by atoms with Crippen LogP contribution in [0.1, 0.15) is 26.3 Å². The molecule has 0 bridgehead atoms. The average molecular weight is 390 g/mol. The second-order valence-electron chi connectivity index (χ2n) is 8.95. The molecule has 0 radical (unpaired) electrons. The molecule has 0 aliphatic heterocycles. The van der Waals surface area contributed by atoms with Gasteiger partial charge in [-0.05, 0) is 34.7 Å². The van der Waals surface area contributed by atoms with E-state index in [0.29, 0.717) is 0 Å². The lowest BCUT2D eigenvalue weighted by atomic mass is 9.86. The molecule has 0 aliphatic rings. The molecule has 0 atom stereocenters. The van der Waals surface area contributed by atoms with Gasteiger partial charge in [-0.3, -0.25) is 4.40 Å². The zero-order valence-electron chi connectivity index (χ0n) is 17.3. The number of pyridine rings is 1. The van der Waals surface area contributed by atoms with Gasteiger partial charge in [-0.15, -0.1) is 0 Å². The minimum absolute atomic E-state index is 0.123. The molecule has 0 saturated carbocycles. The van der Waals surface area contributed by atoms with Gasteiger partial charge in [0, 0.05) is 11.5 Å². The summed E-state index contributed by atoms with van der Waals surface area (Å²) in [4.78, 5) is 5.01. The van der Waals surface area contributed by atoms with Crippen molar-refractivity contribution in [2.24, 2.45) is 0 Å². The van der Waals surface area contributed by atoms with E-state index in [2.05, 4.69) is 85.8 Å². The van der Waals surface area contributed by atoms with E-state index >= 15 is 0 Å². The van der Waals surface area contributed by atoms with Gasteiger partial charge < -0.3 is 4.42 Å². The quantitative estimate of drug-likeness (QED) is 0.294. The summed E-state index contributed by atoms with van der Waals surface area (Å²) in [6.45, 7) is 6.72. The van der Waals surface area contributed by atoms with E-state index in [4.69, 9.17) is 9.40 Å². The fourth-order valence-electron chi connectivity index (χ4n) is 4.38. The smallest absolute Gasteiger partial charge is 0.150 e. The van der Waals surface area contributed by atoms with Crippen molar-refractivity contribution in [2.45, 2.75) is 26.2 Å². The van der Waals surface area contributed by atoms with Crippen molar-refractivity contribution >= 4 is 38.6 Å². The molecule has 0 amide bonds. The van der Waals surface area contributed by atoms with E-state index in [0.717, 1.165) is 49.9 Å². The van der Waals surface area contributed by atoms with Crippen LogP contribution in [-0.2, 0) is 5.41 Å². The monoisotopic (exact) mass is 390 g/mol. The summed E-state index contributed by atoms with van der Waals surface area (Å²) in [6.07, 6.45) is 0. The molecule has 0 N–H and O–H groups in total. The van der Waals surface area contributed by atoms with Crippen LogP contribution < -0.4 is 0 Å². The maximum absolute atomic E-state index is 6.24. The van der Waals surface area contributed by atoms with Crippen LogP contribution in [0.25, 0.3) is 49.9 Å². The predicted octanol–water partition coefficient (Wildman–Crippen LogP) is 7.35. The number of aromatic nitrogens is 2. The van der Waals surface area contributed by atoms with Gasteiger partial charge in [-0.25, -0.2) is 4.98 Å². The van der Waals surface area contributed by atoms with Crippen LogP contribution in [0.5, 0.6) is 0 Å². The zero-order chi connectivity index (χ0) is 20.5. The molecule has 3 aromatic carbocycles. The molecule has 6 rings (SSSR count). The molecule has 0 saturated heterocycles. The molecule has 0 fully saturated rings. The van der Waals surface area contributed by atoms with Gasteiger partial charge in [0.15, 0.2) is 0 Å². The van der Waals surface area contributed by atoms with Crippen molar-refractivity contribution in [1.82, 2.24) is 9.38 Å². The van der Waals surface area contributed by atoms with E-state index in [9.17, 15) is 0 Å². The summed E-state index contributed by atoms with van der Waals surface area (Å²) in [5.74, 6) is 0. The largest absolute Gasteiger partial charge is 0.456 e. The number of hydrogen-bond donors (Lipinski definition) is 0. The van der Waals surface area contributed by atoms with Crippen LogP contribution in [0.15, 0.2) is 83.3 Å². The van der Waals surface area contributed by atoms with Crippen LogP contribution in [-0.4, -0.2) is 9.38 Å². The third kappa shape index (κ3) is 2.42. The van der Waals surface area contributed by atoms with Gasteiger partial charge in [0.25, 0.3) is 0 Å². The van der Waals surface area contributed by atoms with E-state index in [1.165, 1.54) is 5.56 Å². The van der Waals surface area contributed by atoms with Gasteiger partial charge >= 0.3 is 0 Å². The van der Waals surface area contributed by atoms with Crippen molar-refractivity contribution in [1.29, 1.82) is 0 Å². The SMILES string of the molecule is CC(C)(C)c1ccc(-c2cc3oc4ccccc4c3c3nc4ccccc4n23)cc1. The van der Waals surface area contributed by atoms with E-state index in [1.54, 1.807) is 0 Å². The number of nitrogens with zero attached hydrogens (tertiary/aromatic N) is 2. The molecule has 6 aromatic rings. The van der Waals surface area contributed by atoms with Gasteiger partial charge in [0.2, 0.25) is 0 Å². The van der Waals surface area contributed by atoms with Gasteiger partial charge in [-0.2, -0.15) is 0 Å². The number of fused-ring (bicyclic) bond motifs is 7. The Morgan fingerprint density at radius 1 is 0.800 bits per heavy atom. The topological polar surface area (TPSA) is 30.4 Å². The minimum atomic E-state index is 0.123. The van der Waals surface area contributed by atoms with Crippen LogP contribution in [0.4, 0.5) is 0 Å². The van der Waals surface area contributed by atoms with Crippen molar-refractivity contribution in [3.8, 4) is 11.3 Å². The molecule has 3 heterocycles. The molecule has 0 unspecified atom stereocenters. The van der Waals surface area contributed by atoms with Gasteiger partial charge in [0.1, 0.15) is 16.8 Å². The Balaban J connectivity index is 1.75. The summed E-state index contributed by atoms with van der Waals surface area (Å²) in [7, 11) is 0. The number of furan rings is 1. The van der Waals surface area contributed by atoms with Crippen LogP contribution >= 0.6 is 0 Å². The first-order chi connectivity index (χ1) is 14.5. The summed E-state index contributed by atoms with van der Waals surface area (Å²) < 4.78 is 8.51. The third-order valence-electron chi connectivity index (χ3n) is 5.96. The summed E-state index contributed by atoms with van der Waals surface area (Å²) >= 11 is 0. The summed E-state index contributed by atoms with van der Waals surface area (Å²) in [6, 6.07) is 27.5. The molecular formula is C27H22N2O. The van der Waals surface area contributed by atoms with Crippen molar-refractivity contribution in [3.05, 3.63) is 84.4 Å². The lowest BCUT2D eigenvalue weighted by molar-refractivity contribution is 0.590. The number of rotatable bonds is 1. The lowest BCUT2D eigenvalue weighted by Gasteiger charge is -2.19. The fourth-order valence-corrected chi connectivity index (χ4v) is 4.38. The molecular weight excluding hydrogens is 368 g/mol. The van der Waals surface area contributed by atoms with Crippen LogP contribution in [0, 0.1) is 0 Å². The number of para-hydroxylation sites is 3. The first-order valence-corrected chi connectivity index (χ1v) is 10.3. The van der Waals surface area contributed by atoms with Gasteiger partial charge in [-0.1, -0.05) is 75.4 Å². The number of hydrogen-bond acceptors (Lipinski definition) is 2. The highest BCUT2D eigenvalue weighted by atomic mass is 16.3. The lowest BCUT2D eigenvalue weighted by Crippen LogP contribution is -2.10. The Kier molecular flexibility index (Phi) is 3.43. The van der Waals surface area contributed by atoms with Gasteiger partial charge in [0.05, 0.1) is 22.1 Å². The van der Waals surface area contributed by atoms with E-state index in [1.807, 2.05) is 18.2 Å². The molecule has 0 spiro atoms. The minimum Gasteiger partial charge on any atom is -0.456 e. The van der Waals surface area contributed by atoms with Crippen molar-refractivity contribution in [2.75, 3.05) is 0 Å². The fraction of sp³-hybridized carbons (Fsp3) is 0.148. The first-order valence-electron chi connectivity index (χ1n) is 10.3. The van der Waals surface area contributed by atoms with Crippen LogP contribution in [0.2, 0.25) is 0 Å². The Morgan fingerprint density at radius 2 is 1.53 bits per heavy atom. The Bertz CT molecular complexity index is 1560. The normalized spacial score (nSPS) is 12.5. The van der Waals surface area contributed by atoms with Crippen LogP contribution in [0.3, 0.4) is 0 Å². The molecule has 146 valence electrons. The predicted molar refractivity (Wildman–Crippen MR) is 124 cm³/mol. The second kappa shape index (κ2) is 5.96. The van der Waals surface area contributed by atoms with Crippen molar-refractivity contribution < 1.29 is 4.42 Å². The Labute approximate surface area is 174 Å². The Hall–Kier alpha value is -3.59. The highest BCUT2D eigenvalue weighted by Crippen LogP contribution is 2.37. The third-order valence-corrected chi connectivity index (χ3v) is 5.96. The summed E-state index contributed by atoms with van der Waals surface area (Å²) in [5, 5.41) is 2.17. The first kappa shape index (κ1) is 17.3. The standard InChI is InChI=1S/C27H22N2O/c1-27(2,3)18-14-12-17(13-15-18)22-16-24-25(19-8-4-7-11-23(19)30-24)26-28-20-9-5-6-10-21(20)29(22)26/h4-16H,1-3H3. The average Bonchev–Trinajstić information content (AvgIpc) is 3.30. The maximum Gasteiger partial charge on any atom is 0.150 e. The highest BCUT2D eigenvalue weighted by Gasteiger charge is 2.19. The zero-order valence-corrected chi connectivity index (χ0v) is 17.3. The molecule has 0 aliphatic carbocycles. The number of imidazole rings is 1. The van der Waals surface area contributed by atoms with E-state index in [-0.39, 0.29) is 5.41 Å². The summed E-state index contributed by atoms with van der Waals surface area (Å²) in [5.41, 5.74) is 8.48. The second-order valence-corrected chi connectivity index (χ2v) is 8.95. The molecule has 3 heteroatoms. The highest BCUT2D eigenvalue weighted by molar-refractivity contribution is 6.14. The Morgan fingerprint density at radius 3 is 2.33 bits per heavy atom. The number of benzene rings is 3.